The molecule has 0 saturated heterocycles. The topological polar surface area (TPSA) is 78.8 Å². The number of carbonyl (C=O) groups excluding carboxylic acids is 1. The molecule has 0 aromatic heterocycles. The first-order valence-corrected chi connectivity index (χ1v) is 7.96. The van der Waals surface area contributed by atoms with Gasteiger partial charge in [0.25, 0.3) is 5.91 Å². The van der Waals surface area contributed by atoms with Gasteiger partial charge in [-0.3, -0.25) is 4.79 Å². The van der Waals surface area contributed by atoms with Crippen LogP contribution in [0.2, 0.25) is 0 Å². The molecule has 0 unspecified atom stereocenters. The second-order valence-corrected chi connectivity index (χ2v) is 6.66. The van der Waals surface area contributed by atoms with Crippen molar-refractivity contribution in [1.82, 2.24) is 5.32 Å². The highest BCUT2D eigenvalue weighted by molar-refractivity contribution is 5.98. The van der Waals surface area contributed by atoms with Crippen LogP contribution in [-0.2, 0) is 12.8 Å². The fourth-order valence-corrected chi connectivity index (χ4v) is 2.95. The number of rotatable bonds is 4. The molecule has 5 nitrogen and oxygen atoms in total. The van der Waals surface area contributed by atoms with Crippen molar-refractivity contribution in [2.75, 3.05) is 6.54 Å². The minimum Gasteiger partial charge on any atom is -0.508 e. The van der Waals surface area contributed by atoms with Gasteiger partial charge in [0.1, 0.15) is 11.4 Å². The lowest BCUT2D eigenvalue weighted by molar-refractivity contribution is 0.0948. The molecule has 0 fully saturated rings. The molecule has 3 N–H and O–H groups in total. The second-order valence-electron chi connectivity index (χ2n) is 6.66. The molecule has 1 heterocycles. The zero-order chi connectivity index (χ0) is 17.3. The highest BCUT2D eigenvalue weighted by atomic mass is 16.5. The van der Waals surface area contributed by atoms with Crippen LogP contribution in [0.3, 0.4) is 0 Å². The van der Waals surface area contributed by atoms with Crippen molar-refractivity contribution in [2.45, 2.75) is 32.3 Å². The molecule has 0 aliphatic carbocycles. The summed E-state index contributed by atoms with van der Waals surface area (Å²) in [7, 11) is 0. The van der Waals surface area contributed by atoms with Gasteiger partial charge in [-0.25, -0.2) is 0 Å². The summed E-state index contributed by atoms with van der Waals surface area (Å²) in [6.07, 6.45) is 1.30. The molecule has 0 saturated carbocycles. The van der Waals surface area contributed by atoms with E-state index in [0.29, 0.717) is 25.1 Å². The quantitative estimate of drug-likeness (QED) is 0.807. The maximum Gasteiger partial charge on any atom is 0.255 e. The summed E-state index contributed by atoms with van der Waals surface area (Å²) in [5.41, 5.74) is 1.68. The van der Waals surface area contributed by atoms with Crippen molar-refractivity contribution in [3.05, 3.63) is 53.1 Å². The first kappa shape index (κ1) is 16.2. The van der Waals surface area contributed by atoms with E-state index in [0.717, 1.165) is 11.1 Å². The van der Waals surface area contributed by atoms with E-state index in [9.17, 15) is 15.0 Å². The summed E-state index contributed by atoms with van der Waals surface area (Å²) >= 11 is 0. The monoisotopic (exact) mass is 327 g/mol. The van der Waals surface area contributed by atoms with Crippen molar-refractivity contribution >= 4 is 5.91 Å². The molecule has 0 atom stereocenters. The van der Waals surface area contributed by atoms with Gasteiger partial charge in [-0.1, -0.05) is 18.2 Å². The Morgan fingerprint density at radius 1 is 1.25 bits per heavy atom. The number of phenolic OH excluding ortho intramolecular Hbond substituents is 2. The van der Waals surface area contributed by atoms with E-state index in [4.69, 9.17) is 4.74 Å². The number of fused-ring (bicyclic) bond motifs is 1. The lowest BCUT2D eigenvalue weighted by Crippen LogP contribution is -2.26. The average Bonchev–Trinajstić information content (AvgIpc) is 2.83. The lowest BCUT2D eigenvalue weighted by Gasteiger charge is -2.17. The molecule has 0 radical (unpaired) electrons. The number of amides is 1. The Morgan fingerprint density at radius 2 is 2.04 bits per heavy atom. The van der Waals surface area contributed by atoms with Crippen LogP contribution in [0.1, 0.15) is 35.3 Å². The minimum absolute atomic E-state index is 0.104. The summed E-state index contributed by atoms with van der Waals surface area (Å²) in [5.74, 6) is 0.159. The highest BCUT2D eigenvalue weighted by Crippen LogP contribution is 2.43. The Labute approximate surface area is 140 Å². The van der Waals surface area contributed by atoms with Crippen LogP contribution in [-0.4, -0.2) is 28.3 Å². The molecule has 2 aromatic carbocycles. The molecular formula is C19H21NO4. The number of phenols is 2. The number of ether oxygens (including phenoxy) is 1. The zero-order valence-corrected chi connectivity index (χ0v) is 13.8. The van der Waals surface area contributed by atoms with Gasteiger partial charge in [0.15, 0.2) is 11.5 Å². The van der Waals surface area contributed by atoms with Crippen molar-refractivity contribution in [1.29, 1.82) is 0 Å². The van der Waals surface area contributed by atoms with E-state index in [2.05, 4.69) is 5.32 Å². The fraction of sp³-hybridized carbons (Fsp3) is 0.316. The number of hydrogen-bond donors (Lipinski definition) is 3. The standard InChI is InChI=1S/C19H21NO4/c1-19(2)11-13-6-7-15(16(22)17(13)24-19)18(23)20-9-8-12-4-3-5-14(21)10-12/h3-7,10,21-22H,8-9,11H2,1-2H3,(H,20,23). The Kier molecular flexibility index (Phi) is 4.09. The van der Waals surface area contributed by atoms with Crippen molar-refractivity contribution in [2.24, 2.45) is 0 Å². The summed E-state index contributed by atoms with van der Waals surface area (Å²) in [5, 5.41) is 22.6. The zero-order valence-electron chi connectivity index (χ0n) is 13.8. The predicted octanol–water partition coefficient (Wildman–Crippen LogP) is 2.78. The molecular weight excluding hydrogens is 306 g/mol. The van der Waals surface area contributed by atoms with Gasteiger partial charge in [0.05, 0.1) is 5.56 Å². The van der Waals surface area contributed by atoms with Gasteiger partial charge in [-0.2, -0.15) is 0 Å². The molecule has 1 aliphatic heterocycles. The summed E-state index contributed by atoms with van der Waals surface area (Å²) < 4.78 is 5.75. The van der Waals surface area contributed by atoms with E-state index < -0.39 is 0 Å². The van der Waals surface area contributed by atoms with E-state index >= 15 is 0 Å². The Bertz CT molecular complexity index is 783. The van der Waals surface area contributed by atoms with Gasteiger partial charge in [0, 0.05) is 18.5 Å². The number of benzene rings is 2. The van der Waals surface area contributed by atoms with E-state index in [1.54, 1.807) is 24.3 Å². The average molecular weight is 327 g/mol. The van der Waals surface area contributed by atoms with Crippen LogP contribution in [0.5, 0.6) is 17.2 Å². The second kappa shape index (κ2) is 6.07. The highest BCUT2D eigenvalue weighted by Gasteiger charge is 2.33. The van der Waals surface area contributed by atoms with Crippen LogP contribution < -0.4 is 10.1 Å². The Morgan fingerprint density at radius 3 is 2.79 bits per heavy atom. The maximum absolute atomic E-state index is 12.3. The van der Waals surface area contributed by atoms with Crippen molar-refractivity contribution in [3.63, 3.8) is 0 Å². The number of hydrogen-bond acceptors (Lipinski definition) is 4. The Balaban J connectivity index is 1.66. The molecule has 0 spiro atoms. The molecule has 2 aromatic rings. The number of carbonyl (C=O) groups is 1. The molecule has 1 amide bonds. The van der Waals surface area contributed by atoms with Crippen LogP contribution in [0.15, 0.2) is 36.4 Å². The van der Waals surface area contributed by atoms with E-state index in [1.807, 2.05) is 26.0 Å². The normalized spacial score (nSPS) is 14.8. The largest absolute Gasteiger partial charge is 0.508 e. The Hall–Kier alpha value is -2.69. The van der Waals surface area contributed by atoms with Crippen LogP contribution in [0, 0.1) is 0 Å². The van der Waals surface area contributed by atoms with Crippen molar-refractivity contribution < 1.29 is 19.7 Å². The summed E-state index contributed by atoms with van der Waals surface area (Å²) in [6, 6.07) is 10.4. The van der Waals surface area contributed by atoms with Gasteiger partial charge in [-0.15, -0.1) is 0 Å². The third kappa shape index (κ3) is 3.30. The van der Waals surface area contributed by atoms with Gasteiger partial charge >= 0.3 is 0 Å². The molecule has 5 heteroatoms. The van der Waals surface area contributed by atoms with Gasteiger partial charge in [-0.05, 0) is 44.0 Å². The SMILES string of the molecule is CC1(C)Cc2ccc(C(=O)NCCc3cccc(O)c3)c(O)c2O1. The minimum atomic E-state index is -0.371. The fourth-order valence-electron chi connectivity index (χ4n) is 2.95. The number of nitrogens with one attached hydrogen (secondary N) is 1. The molecule has 3 rings (SSSR count). The van der Waals surface area contributed by atoms with E-state index in [1.165, 1.54) is 0 Å². The maximum atomic E-state index is 12.3. The smallest absolute Gasteiger partial charge is 0.255 e. The van der Waals surface area contributed by atoms with Gasteiger partial charge < -0.3 is 20.3 Å². The summed E-state index contributed by atoms with van der Waals surface area (Å²) in [4.78, 5) is 12.3. The lowest BCUT2D eigenvalue weighted by atomic mass is 10.0. The summed E-state index contributed by atoms with van der Waals surface area (Å²) in [6.45, 7) is 4.30. The van der Waals surface area contributed by atoms with Crippen molar-refractivity contribution in [3.8, 4) is 17.2 Å². The molecule has 0 bridgehead atoms. The third-order valence-corrected chi connectivity index (χ3v) is 4.06. The van der Waals surface area contributed by atoms with Crippen LogP contribution in [0.4, 0.5) is 0 Å². The van der Waals surface area contributed by atoms with Crippen LogP contribution in [0.25, 0.3) is 0 Å². The van der Waals surface area contributed by atoms with Crippen LogP contribution >= 0.6 is 0 Å². The van der Waals surface area contributed by atoms with E-state index in [-0.39, 0.29) is 28.6 Å². The predicted molar refractivity (Wildman–Crippen MR) is 90.7 cm³/mol. The molecule has 24 heavy (non-hydrogen) atoms. The third-order valence-electron chi connectivity index (χ3n) is 4.06. The first-order chi connectivity index (χ1) is 11.4. The number of aromatic hydroxyl groups is 2. The van der Waals surface area contributed by atoms with Gasteiger partial charge in [0.2, 0.25) is 0 Å². The first-order valence-electron chi connectivity index (χ1n) is 7.96. The molecule has 126 valence electrons. The molecule has 1 aliphatic rings.